The van der Waals surface area contributed by atoms with Crippen molar-refractivity contribution in [3.8, 4) is 5.75 Å². The van der Waals surface area contributed by atoms with Gasteiger partial charge in [0.05, 0.1) is 16.6 Å². The van der Waals surface area contributed by atoms with Crippen molar-refractivity contribution in [3.63, 3.8) is 0 Å². The molecule has 4 nitrogen and oxygen atoms in total. The minimum Gasteiger partial charge on any atom is -0.405 e. The van der Waals surface area contributed by atoms with E-state index in [1.165, 1.54) is 0 Å². The molecule has 0 fully saturated rings. The van der Waals surface area contributed by atoms with Crippen molar-refractivity contribution < 1.29 is 36.0 Å². The summed E-state index contributed by atoms with van der Waals surface area (Å²) in [4.78, 5) is 9.13. The maximum absolute atomic E-state index is 12.3. The number of nitro benzene ring substituents is 1. The van der Waals surface area contributed by atoms with Crippen molar-refractivity contribution >= 4 is 5.69 Å². The average molecular weight is 275 g/mol. The number of hydrogen-bond acceptors (Lipinski definition) is 3. The summed E-state index contributed by atoms with van der Waals surface area (Å²) in [6, 6.07) is 0.654. The maximum atomic E-state index is 12.3. The first-order valence-corrected chi connectivity index (χ1v) is 4.12. The molecule has 0 N–H and O–H groups in total. The highest BCUT2D eigenvalue weighted by atomic mass is 19.4. The second kappa shape index (κ2) is 4.35. The SMILES string of the molecule is O=[N+]([O-])c1ccc(C(F)(F)F)c(OC(F)(F)F)c1. The Bertz CT molecular complexity index is 467. The molecule has 0 saturated heterocycles. The van der Waals surface area contributed by atoms with Crippen LogP contribution in [0.15, 0.2) is 18.2 Å². The third-order valence-corrected chi connectivity index (χ3v) is 1.71. The molecular formula is C8H3F6NO3. The normalized spacial score (nSPS) is 12.3. The van der Waals surface area contributed by atoms with Gasteiger partial charge in [0, 0.05) is 6.07 Å². The Hall–Kier alpha value is -2.00. The molecular weight excluding hydrogens is 272 g/mol. The van der Waals surface area contributed by atoms with E-state index in [1.54, 1.807) is 0 Å². The number of nitrogens with zero attached hydrogens (tertiary/aromatic N) is 1. The van der Waals surface area contributed by atoms with Crippen LogP contribution in [-0.4, -0.2) is 11.3 Å². The second-order valence-electron chi connectivity index (χ2n) is 2.98. The maximum Gasteiger partial charge on any atom is 0.573 e. The van der Waals surface area contributed by atoms with Crippen molar-refractivity contribution in [3.05, 3.63) is 33.9 Å². The lowest BCUT2D eigenvalue weighted by atomic mass is 10.2. The van der Waals surface area contributed by atoms with E-state index in [0.29, 0.717) is 6.07 Å². The van der Waals surface area contributed by atoms with Gasteiger partial charge in [-0.15, -0.1) is 13.2 Å². The standard InChI is InChI=1S/C8H3F6NO3/c9-7(10,11)5-2-1-4(15(16)17)3-6(5)18-8(12,13)14/h1-3H. The minimum absolute atomic E-state index is 0.0658. The summed E-state index contributed by atoms with van der Waals surface area (Å²) < 4.78 is 75.8. The molecule has 18 heavy (non-hydrogen) atoms. The first-order chi connectivity index (χ1) is 8.00. The zero-order chi connectivity index (χ0) is 14.1. The molecule has 0 radical (unpaired) electrons. The Labute approximate surface area is 94.9 Å². The summed E-state index contributed by atoms with van der Waals surface area (Å²) in [7, 11) is 0. The molecule has 1 rings (SSSR count). The van der Waals surface area contributed by atoms with Gasteiger partial charge in [0.15, 0.2) is 0 Å². The molecule has 0 amide bonds. The fourth-order valence-electron chi connectivity index (χ4n) is 1.07. The van der Waals surface area contributed by atoms with Crippen molar-refractivity contribution in [2.45, 2.75) is 12.5 Å². The van der Waals surface area contributed by atoms with E-state index in [2.05, 4.69) is 4.74 Å². The number of rotatable bonds is 2. The molecule has 0 aromatic heterocycles. The largest absolute Gasteiger partial charge is 0.573 e. The van der Waals surface area contributed by atoms with Gasteiger partial charge in [-0.3, -0.25) is 10.1 Å². The smallest absolute Gasteiger partial charge is 0.405 e. The summed E-state index contributed by atoms with van der Waals surface area (Å²) in [5.41, 5.74) is -2.69. The summed E-state index contributed by atoms with van der Waals surface area (Å²) in [6.45, 7) is 0. The molecule has 0 spiro atoms. The highest BCUT2D eigenvalue weighted by Crippen LogP contribution is 2.40. The number of halogens is 6. The molecule has 0 heterocycles. The highest BCUT2D eigenvalue weighted by molar-refractivity contribution is 5.45. The predicted molar refractivity (Wildman–Crippen MR) is 44.8 cm³/mol. The molecule has 0 aliphatic heterocycles. The van der Waals surface area contributed by atoms with E-state index in [-0.39, 0.29) is 12.1 Å². The topological polar surface area (TPSA) is 52.4 Å². The van der Waals surface area contributed by atoms with E-state index >= 15 is 0 Å². The van der Waals surface area contributed by atoms with E-state index in [9.17, 15) is 36.5 Å². The number of hydrogen-bond donors (Lipinski definition) is 0. The quantitative estimate of drug-likeness (QED) is 0.471. The van der Waals surface area contributed by atoms with Crippen LogP contribution in [0.2, 0.25) is 0 Å². The average Bonchev–Trinajstić information content (AvgIpc) is 2.12. The van der Waals surface area contributed by atoms with E-state index in [4.69, 9.17) is 0 Å². The number of ether oxygens (including phenoxy) is 1. The Kier molecular flexibility index (Phi) is 3.40. The van der Waals surface area contributed by atoms with Gasteiger partial charge in [-0.25, -0.2) is 0 Å². The Morgan fingerprint density at radius 2 is 1.67 bits per heavy atom. The van der Waals surface area contributed by atoms with Gasteiger partial charge in [-0.2, -0.15) is 13.2 Å². The molecule has 0 aliphatic rings. The van der Waals surface area contributed by atoms with Crippen molar-refractivity contribution in [1.82, 2.24) is 0 Å². The lowest BCUT2D eigenvalue weighted by Gasteiger charge is -2.14. The predicted octanol–water partition coefficient (Wildman–Crippen LogP) is 3.51. The first-order valence-electron chi connectivity index (χ1n) is 4.12. The number of non-ortho nitro benzene ring substituents is 1. The van der Waals surface area contributed by atoms with E-state index in [1.807, 2.05) is 0 Å². The number of nitro groups is 1. The molecule has 1 aromatic carbocycles. The fourth-order valence-corrected chi connectivity index (χ4v) is 1.07. The van der Waals surface area contributed by atoms with Gasteiger partial charge >= 0.3 is 12.5 Å². The first kappa shape index (κ1) is 14.1. The summed E-state index contributed by atoms with van der Waals surface area (Å²) in [6.07, 6.45) is -10.5. The van der Waals surface area contributed by atoms with Gasteiger partial charge in [0.2, 0.25) is 0 Å². The fraction of sp³-hybridized carbons (Fsp3) is 0.250. The van der Waals surface area contributed by atoms with Crippen LogP contribution in [0.4, 0.5) is 32.0 Å². The molecule has 0 atom stereocenters. The molecule has 0 aliphatic carbocycles. The number of alkyl halides is 6. The van der Waals surface area contributed by atoms with Gasteiger partial charge in [-0.05, 0) is 6.07 Å². The van der Waals surface area contributed by atoms with Crippen molar-refractivity contribution in [2.24, 2.45) is 0 Å². The second-order valence-corrected chi connectivity index (χ2v) is 2.98. The van der Waals surface area contributed by atoms with Crippen LogP contribution < -0.4 is 4.74 Å². The van der Waals surface area contributed by atoms with Crippen LogP contribution >= 0.6 is 0 Å². The minimum atomic E-state index is -5.38. The molecule has 0 bridgehead atoms. The highest BCUT2D eigenvalue weighted by Gasteiger charge is 2.40. The van der Waals surface area contributed by atoms with Crippen molar-refractivity contribution in [2.75, 3.05) is 0 Å². The molecule has 10 heteroatoms. The third-order valence-electron chi connectivity index (χ3n) is 1.71. The van der Waals surface area contributed by atoms with Crippen LogP contribution in [0.5, 0.6) is 5.75 Å². The van der Waals surface area contributed by atoms with Crippen LogP contribution in [0, 0.1) is 10.1 Å². The lowest BCUT2D eigenvalue weighted by molar-refractivity contribution is -0.385. The van der Waals surface area contributed by atoms with Gasteiger partial charge in [0.25, 0.3) is 5.69 Å². The molecule has 0 saturated carbocycles. The third kappa shape index (κ3) is 3.50. The van der Waals surface area contributed by atoms with Crippen LogP contribution in [0.1, 0.15) is 5.56 Å². The number of benzene rings is 1. The molecule has 100 valence electrons. The Morgan fingerprint density at radius 3 is 2.06 bits per heavy atom. The summed E-state index contributed by atoms with van der Waals surface area (Å²) >= 11 is 0. The summed E-state index contributed by atoms with van der Waals surface area (Å²) in [5.74, 6) is -1.66. The van der Waals surface area contributed by atoms with Crippen LogP contribution in [0.3, 0.4) is 0 Å². The van der Waals surface area contributed by atoms with Crippen LogP contribution in [-0.2, 0) is 6.18 Å². The zero-order valence-electron chi connectivity index (χ0n) is 8.17. The van der Waals surface area contributed by atoms with E-state index < -0.39 is 34.5 Å². The Morgan fingerprint density at radius 1 is 1.11 bits per heavy atom. The zero-order valence-corrected chi connectivity index (χ0v) is 8.17. The summed E-state index contributed by atoms with van der Waals surface area (Å²) in [5, 5.41) is 10.3. The monoisotopic (exact) mass is 275 g/mol. The van der Waals surface area contributed by atoms with Crippen molar-refractivity contribution in [1.29, 1.82) is 0 Å². The molecule has 0 unspecified atom stereocenters. The van der Waals surface area contributed by atoms with E-state index in [0.717, 1.165) is 0 Å². The van der Waals surface area contributed by atoms with Gasteiger partial charge in [0.1, 0.15) is 5.75 Å². The van der Waals surface area contributed by atoms with Gasteiger partial charge in [-0.1, -0.05) is 0 Å². The Balaban J connectivity index is 3.32. The lowest BCUT2D eigenvalue weighted by Crippen LogP contribution is -2.20. The van der Waals surface area contributed by atoms with Gasteiger partial charge < -0.3 is 4.74 Å². The van der Waals surface area contributed by atoms with Crippen LogP contribution in [0.25, 0.3) is 0 Å². The molecule has 1 aromatic rings.